The SMILES string of the molecule is CCOc1ccc2nc(NN3CCCCC3)sc2c1. The zero-order valence-corrected chi connectivity index (χ0v) is 12.0. The molecular formula is C14H19N3OS. The third kappa shape index (κ3) is 2.98. The van der Waals surface area contributed by atoms with Crippen LogP contribution in [-0.2, 0) is 0 Å². The minimum atomic E-state index is 0.698. The Morgan fingerprint density at radius 3 is 2.95 bits per heavy atom. The van der Waals surface area contributed by atoms with Gasteiger partial charge in [-0.25, -0.2) is 9.99 Å². The smallest absolute Gasteiger partial charge is 0.198 e. The van der Waals surface area contributed by atoms with Crippen molar-refractivity contribution in [2.75, 3.05) is 25.1 Å². The van der Waals surface area contributed by atoms with Crippen LogP contribution in [0.3, 0.4) is 0 Å². The highest BCUT2D eigenvalue weighted by atomic mass is 32.1. The second-order valence-electron chi connectivity index (χ2n) is 4.74. The maximum absolute atomic E-state index is 5.52. The number of nitrogens with zero attached hydrogens (tertiary/aromatic N) is 2. The summed E-state index contributed by atoms with van der Waals surface area (Å²) in [6.45, 7) is 4.92. The van der Waals surface area contributed by atoms with Crippen LogP contribution in [0.4, 0.5) is 5.13 Å². The van der Waals surface area contributed by atoms with E-state index in [0.29, 0.717) is 6.61 Å². The van der Waals surface area contributed by atoms with E-state index in [4.69, 9.17) is 4.74 Å². The summed E-state index contributed by atoms with van der Waals surface area (Å²) in [5, 5.41) is 3.25. The quantitative estimate of drug-likeness (QED) is 0.928. The largest absolute Gasteiger partial charge is 0.494 e. The number of piperidine rings is 1. The van der Waals surface area contributed by atoms with Crippen molar-refractivity contribution in [2.45, 2.75) is 26.2 Å². The molecule has 0 spiro atoms. The van der Waals surface area contributed by atoms with Gasteiger partial charge in [-0.15, -0.1) is 0 Å². The normalized spacial score (nSPS) is 16.7. The van der Waals surface area contributed by atoms with Gasteiger partial charge in [0, 0.05) is 13.1 Å². The van der Waals surface area contributed by atoms with Crippen LogP contribution in [0.5, 0.6) is 5.75 Å². The van der Waals surface area contributed by atoms with Crippen LogP contribution in [0.25, 0.3) is 10.2 Å². The zero-order chi connectivity index (χ0) is 13.1. The van der Waals surface area contributed by atoms with Crippen LogP contribution in [0.1, 0.15) is 26.2 Å². The summed E-state index contributed by atoms with van der Waals surface area (Å²) in [6.07, 6.45) is 3.88. The van der Waals surface area contributed by atoms with Gasteiger partial charge in [0.05, 0.1) is 16.8 Å². The third-order valence-electron chi connectivity index (χ3n) is 3.28. The summed E-state index contributed by atoms with van der Waals surface area (Å²) in [4.78, 5) is 4.62. The van der Waals surface area contributed by atoms with Crippen molar-refractivity contribution in [3.05, 3.63) is 18.2 Å². The molecule has 0 radical (unpaired) electrons. The Labute approximate surface area is 117 Å². The average molecular weight is 277 g/mol. The number of aromatic nitrogens is 1. The molecule has 0 aliphatic carbocycles. The van der Waals surface area contributed by atoms with Gasteiger partial charge in [-0.05, 0) is 38.0 Å². The molecular weight excluding hydrogens is 258 g/mol. The summed E-state index contributed by atoms with van der Waals surface area (Å²) in [6, 6.07) is 6.08. The van der Waals surface area contributed by atoms with Gasteiger partial charge >= 0.3 is 0 Å². The summed E-state index contributed by atoms with van der Waals surface area (Å²) >= 11 is 1.69. The van der Waals surface area contributed by atoms with Gasteiger partial charge in [-0.2, -0.15) is 0 Å². The molecule has 0 saturated carbocycles. The number of ether oxygens (including phenoxy) is 1. The van der Waals surface area contributed by atoms with Crippen molar-refractivity contribution in [3.8, 4) is 5.75 Å². The zero-order valence-electron chi connectivity index (χ0n) is 11.2. The van der Waals surface area contributed by atoms with E-state index in [2.05, 4.69) is 21.5 Å². The number of anilines is 1. The van der Waals surface area contributed by atoms with Crippen molar-refractivity contribution in [2.24, 2.45) is 0 Å². The predicted octanol–water partition coefficient (Wildman–Crippen LogP) is 3.51. The van der Waals surface area contributed by atoms with E-state index in [1.54, 1.807) is 11.3 Å². The highest BCUT2D eigenvalue weighted by Gasteiger charge is 2.12. The Morgan fingerprint density at radius 1 is 1.32 bits per heavy atom. The fourth-order valence-corrected chi connectivity index (χ4v) is 3.27. The number of hydrazine groups is 1. The Hall–Kier alpha value is -1.33. The summed E-state index contributed by atoms with van der Waals surface area (Å²) in [7, 11) is 0. The van der Waals surface area contributed by atoms with Crippen LogP contribution in [0.2, 0.25) is 0 Å². The first kappa shape index (κ1) is 12.7. The molecule has 1 aliphatic rings. The Bertz CT molecular complexity index is 549. The van der Waals surface area contributed by atoms with E-state index in [0.717, 1.165) is 29.5 Å². The molecule has 0 bridgehead atoms. The van der Waals surface area contributed by atoms with E-state index in [9.17, 15) is 0 Å². The van der Waals surface area contributed by atoms with Crippen LogP contribution in [0.15, 0.2) is 18.2 Å². The number of fused-ring (bicyclic) bond motifs is 1. The number of benzene rings is 1. The van der Waals surface area contributed by atoms with E-state index < -0.39 is 0 Å². The van der Waals surface area contributed by atoms with E-state index in [1.807, 2.05) is 19.1 Å². The molecule has 1 aromatic carbocycles. The maximum Gasteiger partial charge on any atom is 0.198 e. The van der Waals surface area contributed by atoms with Gasteiger partial charge in [0.25, 0.3) is 0 Å². The lowest BCUT2D eigenvalue weighted by molar-refractivity contribution is 0.273. The lowest BCUT2D eigenvalue weighted by atomic mass is 10.2. The molecule has 1 saturated heterocycles. The summed E-state index contributed by atoms with van der Waals surface area (Å²) in [5.41, 5.74) is 4.46. The minimum absolute atomic E-state index is 0.698. The van der Waals surface area contributed by atoms with Crippen molar-refractivity contribution in [1.29, 1.82) is 0 Å². The van der Waals surface area contributed by atoms with E-state index in [1.165, 1.54) is 24.0 Å². The number of thiazole rings is 1. The second kappa shape index (κ2) is 5.75. The minimum Gasteiger partial charge on any atom is -0.494 e. The summed E-state index contributed by atoms with van der Waals surface area (Å²) in [5.74, 6) is 0.920. The fraction of sp³-hybridized carbons (Fsp3) is 0.500. The lowest BCUT2D eigenvalue weighted by Crippen LogP contribution is -2.34. The monoisotopic (exact) mass is 277 g/mol. The van der Waals surface area contributed by atoms with Gasteiger partial charge < -0.3 is 4.74 Å². The molecule has 0 atom stereocenters. The van der Waals surface area contributed by atoms with Crippen molar-refractivity contribution >= 4 is 26.7 Å². The summed E-state index contributed by atoms with van der Waals surface area (Å²) < 4.78 is 6.69. The first-order valence-corrected chi connectivity index (χ1v) is 7.72. The van der Waals surface area contributed by atoms with Gasteiger partial charge in [0.1, 0.15) is 5.75 Å². The molecule has 1 aromatic heterocycles. The van der Waals surface area contributed by atoms with Gasteiger partial charge in [0.2, 0.25) is 0 Å². The number of hydrogen-bond donors (Lipinski definition) is 1. The molecule has 1 aliphatic heterocycles. The molecule has 2 aromatic rings. The van der Waals surface area contributed by atoms with E-state index >= 15 is 0 Å². The number of nitrogens with one attached hydrogen (secondary N) is 1. The first-order chi connectivity index (χ1) is 9.35. The Morgan fingerprint density at radius 2 is 2.16 bits per heavy atom. The molecule has 19 heavy (non-hydrogen) atoms. The number of rotatable bonds is 4. The molecule has 1 N–H and O–H groups in total. The Kier molecular flexibility index (Phi) is 3.84. The maximum atomic E-state index is 5.52. The fourth-order valence-electron chi connectivity index (χ4n) is 2.35. The highest BCUT2D eigenvalue weighted by Crippen LogP contribution is 2.29. The predicted molar refractivity (Wildman–Crippen MR) is 79.8 cm³/mol. The van der Waals surface area contributed by atoms with Crippen molar-refractivity contribution < 1.29 is 4.74 Å². The first-order valence-electron chi connectivity index (χ1n) is 6.90. The van der Waals surface area contributed by atoms with Gasteiger partial charge in [0.15, 0.2) is 5.13 Å². The molecule has 2 heterocycles. The van der Waals surface area contributed by atoms with Crippen LogP contribution in [0, 0.1) is 0 Å². The topological polar surface area (TPSA) is 37.4 Å². The average Bonchev–Trinajstić information content (AvgIpc) is 2.82. The third-order valence-corrected chi connectivity index (χ3v) is 4.20. The molecule has 0 unspecified atom stereocenters. The highest BCUT2D eigenvalue weighted by molar-refractivity contribution is 7.22. The molecule has 102 valence electrons. The molecule has 0 amide bonds. The van der Waals surface area contributed by atoms with Crippen molar-refractivity contribution in [3.63, 3.8) is 0 Å². The molecule has 3 rings (SSSR count). The van der Waals surface area contributed by atoms with Gasteiger partial charge in [-0.1, -0.05) is 17.8 Å². The van der Waals surface area contributed by atoms with Crippen LogP contribution < -0.4 is 10.2 Å². The molecule has 5 heteroatoms. The molecule has 1 fully saturated rings. The molecule has 4 nitrogen and oxygen atoms in total. The lowest BCUT2D eigenvalue weighted by Gasteiger charge is -2.26. The van der Waals surface area contributed by atoms with Crippen LogP contribution >= 0.6 is 11.3 Å². The van der Waals surface area contributed by atoms with E-state index in [-0.39, 0.29) is 0 Å². The number of hydrogen-bond acceptors (Lipinski definition) is 5. The Balaban J connectivity index is 1.76. The van der Waals surface area contributed by atoms with Gasteiger partial charge in [-0.3, -0.25) is 5.43 Å². The second-order valence-corrected chi connectivity index (χ2v) is 5.77. The standard InChI is InChI=1S/C14H19N3OS/c1-2-18-11-6-7-12-13(10-11)19-14(15-12)16-17-8-4-3-5-9-17/h6-7,10H,2-5,8-9H2,1H3,(H,15,16). The van der Waals surface area contributed by atoms with Crippen molar-refractivity contribution in [1.82, 2.24) is 9.99 Å². The van der Waals surface area contributed by atoms with Crippen LogP contribution in [-0.4, -0.2) is 29.7 Å².